The van der Waals surface area contributed by atoms with E-state index < -0.39 is 28.1 Å². The first-order valence-corrected chi connectivity index (χ1v) is 11.6. The molecule has 2 aromatic rings. The molecule has 1 saturated heterocycles. The molecule has 0 saturated carbocycles. The third-order valence-electron chi connectivity index (χ3n) is 5.10. The molecule has 0 spiro atoms. The van der Waals surface area contributed by atoms with E-state index in [1.807, 2.05) is 30.3 Å². The predicted octanol–water partition coefficient (Wildman–Crippen LogP) is 0.826. The molecule has 0 aliphatic carbocycles. The van der Waals surface area contributed by atoms with Gasteiger partial charge in [-0.15, -0.1) is 0 Å². The SMILES string of the molecule is COc1ccc(S(=O)(=O)N2CCO[C@@H]2CNC(=O)C(=O)NCCc2ccccc2)cc1C. The van der Waals surface area contributed by atoms with E-state index in [2.05, 4.69) is 10.6 Å². The van der Waals surface area contributed by atoms with Crippen LogP contribution >= 0.6 is 0 Å². The summed E-state index contributed by atoms with van der Waals surface area (Å²) in [4.78, 5) is 24.3. The van der Waals surface area contributed by atoms with Gasteiger partial charge in [0.1, 0.15) is 12.0 Å². The Labute approximate surface area is 187 Å². The Balaban J connectivity index is 1.54. The first kappa shape index (κ1) is 23.7. The Bertz CT molecular complexity index is 1060. The molecule has 1 aliphatic rings. The van der Waals surface area contributed by atoms with Gasteiger partial charge in [-0.3, -0.25) is 9.59 Å². The van der Waals surface area contributed by atoms with Gasteiger partial charge in [-0.2, -0.15) is 4.31 Å². The molecule has 2 aromatic carbocycles. The van der Waals surface area contributed by atoms with Crippen molar-refractivity contribution < 1.29 is 27.5 Å². The van der Waals surface area contributed by atoms with Crippen LogP contribution in [0.1, 0.15) is 11.1 Å². The number of benzene rings is 2. The maximum atomic E-state index is 13.1. The number of carbonyl (C=O) groups excluding carboxylic acids is 2. The minimum Gasteiger partial charge on any atom is -0.496 e. The molecule has 32 heavy (non-hydrogen) atoms. The van der Waals surface area contributed by atoms with Gasteiger partial charge in [0, 0.05) is 13.1 Å². The van der Waals surface area contributed by atoms with Crippen molar-refractivity contribution in [1.82, 2.24) is 14.9 Å². The van der Waals surface area contributed by atoms with Crippen molar-refractivity contribution >= 4 is 21.8 Å². The van der Waals surface area contributed by atoms with E-state index >= 15 is 0 Å². The normalized spacial score (nSPS) is 16.5. The fourth-order valence-corrected chi connectivity index (χ4v) is 4.99. The second-order valence-corrected chi connectivity index (χ2v) is 9.16. The molecule has 0 bridgehead atoms. The first-order chi connectivity index (χ1) is 15.3. The van der Waals surface area contributed by atoms with Crippen LogP contribution in [0.25, 0.3) is 0 Å². The largest absolute Gasteiger partial charge is 0.496 e. The van der Waals surface area contributed by atoms with Crippen LogP contribution in [-0.4, -0.2) is 64.1 Å². The molecule has 1 atom stereocenters. The Hall–Kier alpha value is -2.95. The number of ether oxygens (including phenoxy) is 2. The standard InChI is InChI=1S/C22H27N3O6S/c1-16-14-18(8-9-19(16)30-2)32(28,29)25-12-13-31-20(25)15-24-22(27)21(26)23-11-10-17-6-4-3-5-7-17/h3-9,14,20H,10-13,15H2,1-2H3,(H,23,26)(H,24,27)/t20-/m1/s1. The second kappa shape index (κ2) is 10.6. The van der Waals surface area contributed by atoms with E-state index in [4.69, 9.17) is 9.47 Å². The minimum atomic E-state index is -3.85. The number of aryl methyl sites for hydroxylation is 1. The van der Waals surface area contributed by atoms with Gasteiger partial charge in [-0.25, -0.2) is 8.42 Å². The van der Waals surface area contributed by atoms with Crippen molar-refractivity contribution in [2.75, 3.05) is 33.4 Å². The Morgan fingerprint density at radius 2 is 1.84 bits per heavy atom. The maximum absolute atomic E-state index is 13.1. The zero-order chi connectivity index (χ0) is 23.1. The molecule has 9 nitrogen and oxygen atoms in total. The molecule has 0 unspecified atom stereocenters. The molecule has 0 aromatic heterocycles. The van der Waals surface area contributed by atoms with Gasteiger partial charge in [0.2, 0.25) is 10.0 Å². The summed E-state index contributed by atoms with van der Waals surface area (Å²) in [5.41, 5.74) is 1.73. The highest BCUT2D eigenvalue weighted by molar-refractivity contribution is 7.89. The van der Waals surface area contributed by atoms with E-state index in [0.717, 1.165) is 5.56 Å². The van der Waals surface area contributed by atoms with Gasteiger partial charge in [-0.05, 0) is 42.7 Å². The molecular formula is C22H27N3O6S. The molecule has 1 heterocycles. The van der Waals surface area contributed by atoms with Gasteiger partial charge < -0.3 is 20.1 Å². The number of methoxy groups -OCH3 is 1. The number of nitrogens with one attached hydrogen (secondary N) is 2. The molecule has 172 valence electrons. The maximum Gasteiger partial charge on any atom is 0.309 e. The highest BCUT2D eigenvalue weighted by Crippen LogP contribution is 2.26. The fourth-order valence-electron chi connectivity index (χ4n) is 3.39. The number of hydrogen-bond donors (Lipinski definition) is 2. The van der Waals surface area contributed by atoms with Crippen LogP contribution in [0.3, 0.4) is 0 Å². The van der Waals surface area contributed by atoms with Crippen molar-refractivity contribution in [2.24, 2.45) is 0 Å². The summed E-state index contributed by atoms with van der Waals surface area (Å²) < 4.78 is 38.0. The summed E-state index contributed by atoms with van der Waals surface area (Å²) >= 11 is 0. The van der Waals surface area contributed by atoms with Crippen molar-refractivity contribution in [3.05, 3.63) is 59.7 Å². The molecule has 1 aliphatic heterocycles. The lowest BCUT2D eigenvalue weighted by atomic mass is 10.1. The number of sulfonamides is 1. The fraction of sp³-hybridized carbons (Fsp3) is 0.364. The molecule has 2 N–H and O–H groups in total. The van der Waals surface area contributed by atoms with Crippen LogP contribution in [0.5, 0.6) is 5.75 Å². The topological polar surface area (TPSA) is 114 Å². The van der Waals surface area contributed by atoms with Crippen LogP contribution in [0.2, 0.25) is 0 Å². The lowest BCUT2D eigenvalue weighted by Gasteiger charge is -2.23. The predicted molar refractivity (Wildman–Crippen MR) is 118 cm³/mol. The summed E-state index contributed by atoms with van der Waals surface area (Å²) in [7, 11) is -2.33. The van der Waals surface area contributed by atoms with Crippen LogP contribution in [-0.2, 0) is 30.8 Å². The van der Waals surface area contributed by atoms with Crippen LogP contribution in [0.4, 0.5) is 0 Å². The zero-order valence-electron chi connectivity index (χ0n) is 18.0. The summed E-state index contributed by atoms with van der Waals surface area (Å²) in [6.07, 6.45) is -0.303. The Kier molecular flexibility index (Phi) is 7.84. The summed E-state index contributed by atoms with van der Waals surface area (Å²) in [6.45, 7) is 2.27. The second-order valence-electron chi connectivity index (χ2n) is 7.27. The molecular weight excluding hydrogens is 434 g/mol. The molecule has 0 radical (unpaired) electrons. The van der Waals surface area contributed by atoms with E-state index in [1.54, 1.807) is 13.0 Å². The zero-order valence-corrected chi connectivity index (χ0v) is 18.9. The quantitative estimate of drug-likeness (QED) is 0.563. The highest BCUT2D eigenvalue weighted by Gasteiger charge is 2.37. The molecule has 2 amide bonds. The highest BCUT2D eigenvalue weighted by atomic mass is 32.2. The summed E-state index contributed by atoms with van der Waals surface area (Å²) in [5.74, 6) is -1.03. The van der Waals surface area contributed by atoms with E-state index in [0.29, 0.717) is 24.3 Å². The van der Waals surface area contributed by atoms with E-state index in [-0.39, 0.29) is 24.6 Å². The van der Waals surface area contributed by atoms with Crippen LogP contribution in [0, 0.1) is 6.92 Å². The number of carbonyl (C=O) groups is 2. The van der Waals surface area contributed by atoms with Crippen LogP contribution in [0.15, 0.2) is 53.4 Å². The number of rotatable bonds is 8. The monoisotopic (exact) mass is 461 g/mol. The lowest BCUT2D eigenvalue weighted by molar-refractivity contribution is -0.139. The number of hydrogen-bond acceptors (Lipinski definition) is 6. The number of amides is 2. The Morgan fingerprint density at radius 1 is 1.12 bits per heavy atom. The van der Waals surface area contributed by atoms with Gasteiger partial charge in [0.05, 0.1) is 25.2 Å². The van der Waals surface area contributed by atoms with Gasteiger partial charge >= 0.3 is 11.8 Å². The van der Waals surface area contributed by atoms with E-state index in [9.17, 15) is 18.0 Å². The number of nitrogens with zero attached hydrogens (tertiary/aromatic N) is 1. The summed E-state index contributed by atoms with van der Waals surface area (Å²) in [5, 5.41) is 5.01. The Morgan fingerprint density at radius 3 is 2.53 bits per heavy atom. The smallest absolute Gasteiger partial charge is 0.309 e. The van der Waals surface area contributed by atoms with Gasteiger partial charge in [-0.1, -0.05) is 30.3 Å². The molecule has 10 heteroatoms. The average Bonchev–Trinajstić information content (AvgIpc) is 3.27. The third kappa shape index (κ3) is 5.64. The summed E-state index contributed by atoms with van der Waals surface area (Å²) in [6, 6.07) is 14.2. The first-order valence-electron chi connectivity index (χ1n) is 10.2. The van der Waals surface area contributed by atoms with Gasteiger partial charge in [0.25, 0.3) is 0 Å². The molecule has 1 fully saturated rings. The van der Waals surface area contributed by atoms with Gasteiger partial charge in [0.15, 0.2) is 0 Å². The van der Waals surface area contributed by atoms with Crippen molar-refractivity contribution in [1.29, 1.82) is 0 Å². The minimum absolute atomic E-state index is 0.108. The molecule has 3 rings (SSSR count). The van der Waals surface area contributed by atoms with Crippen molar-refractivity contribution in [3.8, 4) is 5.75 Å². The average molecular weight is 462 g/mol. The van der Waals surface area contributed by atoms with Crippen molar-refractivity contribution in [3.63, 3.8) is 0 Å². The third-order valence-corrected chi connectivity index (χ3v) is 6.99. The van der Waals surface area contributed by atoms with E-state index in [1.165, 1.54) is 23.5 Å². The van der Waals surface area contributed by atoms with Crippen LogP contribution < -0.4 is 15.4 Å². The van der Waals surface area contributed by atoms with Crippen molar-refractivity contribution in [2.45, 2.75) is 24.5 Å². The lowest BCUT2D eigenvalue weighted by Crippen LogP contribution is -2.47.